The van der Waals surface area contributed by atoms with Gasteiger partial charge in [0.1, 0.15) is 11.5 Å². The first kappa shape index (κ1) is 24.8. The minimum atomic E-state index is -0.485. The molecule has 1 aliphatic heterocycles. The molecule has 0 radical (unpaired) electrons. The van der Waals surface area contributed by atoms with Gasteiger partial charge < -0.3 is 14.2 Å². The second-order valence-electron chi connectivity index (χ2n) is 8.28. The Labute approximate surface area is 199 Å². The first-order valence-corrected chi connectivity index (χ1v) is 11.7. The zero-order valence-electron chi connectivity index (χ0n) is 20.3. The first-order chi connectivity index (χ1) is 16.2. The van der Waals surface area contributed by atoms with E-state index in [4.69, 9.17) is 14.2 Å². The third kappa shape index (κ3) is 5.58. The van der Waals surface area contributed by atoms with E-state index in [0.717, 1.165) is 30.2 Å². The lowest BCUT2D eigenvalue weighted by atomic mass is 9.74. The molecule has 176 valence electrons. The summed E-state index contributed by atoms with van der Waals surface area (Å²) >= 11 is 0. The number of hydrogen-bond acceptors (Lipinski definition) is 4. The molecule has 0 unspecified atom stereocenters. The molecular weight excluding hydrogens is 410 g/mol. The molecule has 33 heavy (non-hydrogen) atoms. The van der Waals surface area contributed by atoms with Gasteiger partial charge in [-0.3, -0.25) is 4.90 Å². The van der Waals surface area contributed by atoms with E-state index in [2.05, 4.69) is 78.2 Å². The average molecular weight is 448 g/mol. The predicted octanol–water partition coefficient (Wildman–Crippen LogP) is 6.14. The van der Waals surface area contributed by atoms with Gasteiger partial charge in [0.15, 0.2) is 0 Å². The molecule has 2 aromatic carbocycles. The summed E-state index contributed by atoms with van der Waals surface area (Å²) in [7, 11) is 5.13. The molecule has 1 aliphatic rings. The molecular formula is C29H37NO3. The van der Waals surface area contributed by atoms with Crippen molar-refractivity contribution >= 4 is 0 Å². The standard InChI is InChI=1S/C29H37NO3/c1-5-11-24(12-10-23-31-2)29(30-21-8-6-7-9-22-30,25-13-17-27(32-3)18-14-25)26-15-19-28(33-4)20-16-26/h5,10-20H,1,6-9,21-23H2,2-4H3/b12-10-,24-11+. The van der Waals surface area contributed by atoms with Crippen LogP contribution >= 0.6 is 0 Å². The molecule has 0 N–H and O–H groups in total. The number of likely N-dealkylation sites (tertiary alicyclic amines) is 1. The average Bonchev–Trinajstić information content (AvgIpc) is 3.15. The van der Waals surface area contributed by atoms with Gasteiger partial charge in [-0.25, -0.2) is 0 Å². The zero-order valence-corrected chi connectivity index (χ0v) is 20.3. The van der Waals surface area contributed by atoms with E-state index in [0.29, 0.717) is 6.61 Å². The summed E-state index contributed by atoms with van der Waals surface area (Å²) in [5.74, 6) is 1.70. The molecule has 0 atom stereocenters. The zero-order chi connectivity index (χ0) is 23.5. The van der Waals surface area contributed by atoms with E-state index in [-0.39, 0.29) is 0 Å². The Bertz CT molecular complexity index is 873. The topological polar surface area (TPSA) is 30.9 Å². The minimum Gasteiger partial charge on any atom is -0.497 e. The number of benzene rings is 2. The van der Waals surface area contributed by atoms with Crippen LogP contribution < -0.4 is 9.47 Å². The molecule has 4 nitrogen and oxygen atoms in total. The molecule has 1 heterocycles. The number of nitrogens with zero attached hydrogens (tertiary/aromatic N) is 1. The summed E-state index contributed by atoms with van der Waals surface area (Å²) in [5, 5.41) is 0. The summed E-state index contributed by atoms with van der Waals surface area (Å²) in [6, 6.07) is 17.0. The maximum absolute atomic E-state index is 5.48. The van der Waals surface area contributed by atoms with Gasteiger partial charge in [0.25, 0.3) is 0 Å². The molecule has 0 bridgehead atoms. The van der Waals surface area contributed by atoms with Gasteiger partial charge in [-0.15, -0.1) is 0 Å². The predicted molar refractivity (Wildman–Crippen MR) is 136 cm³/mol. The smallest absolute Gasteiger partial charge is 0.118 e. The lowest BCUT2D eigenvalue weighted by molar-refractivity contribution is 0.162. The third-order valence-electron chi connectivity index (χ3n) is 6.37. The quantitative estimate of drug-likeness (QED) is 0.410. The molecule has 0 aliphatic carbocycles. The van der Waals surface area contributed by atoms with Crippen molar-refractivity contribution in [2.24, 2.45) is 0 Å². The number of hydrogen-bond donors (Lipinski definition) is 0. The van der Waals surface area contributed by atoms with Crippen LogP contribution in [0.3, 0.4) is 0 Å². The van der Waals surface area contributed by atoms with Crippen LogP contribution in [0.1, 0.15) is 36.8 Å². The van der Waals surface area contributed by atoms with E-state index in [1.807, 2.05) is 6.08 Å². The maximum atomic E-state index is 5.48. The Morgan fingerprint density at radius 3 is 1.79 bits per heavy atom. The van der Waals surface area contributed by atoms with Crippen molar-refractivity contribution in [1.82, 2.24) is 4.90 Å². The molecule has 0 saturated carbocycles. The van der Waals surface area contributed by atoms with Crippen molar-refractivity contribution in [3.05, 3.63) is 96.1 Å². The summed E-state index contributed by atoms with van der Waals surface area (Å²) in [6.07, 6.45) is 13.2. The van der Waals surface area contributed by atoms with E-state index >= 15 is 0 Å². The highest BCUT2D eigenvalue weighted by atomic mass is 16.5. The van der Waals surface area contributed by atoms with Crippen molar-refractivity contribution in [3.63, 3.8) is 0 Å². The molecule has 2 aromatic rings. The number of rotatable bonds is 10. The maximum Gasteiger partial charge on any atom is 0.118 e. The van der Waals surface area contributed by atoms with E-state index in [1.165, 1.54) is 36.8 Å². The molecule has 3 rings (SSSR count). The fourth-order valence-corrected chi connectivity index (χ4v) is 4.81. The molecule has 1 saturated heterocycles. The van der Waals surface area contributed by atoms with Crippen molar-refractivity contribution < 1.29 is 14.2 Å². The Kier molecular flexibility index (Phi) is 9.35. The van der Waals surface area contributed by atoms with Gasteiger partial charge in [-0.1, -0.05) is 68.0 Å². The second-order valence-corrected chi connectivity index (χ2v) is 8.28. The van der Waals surface area contributed by atoms with E-state index in [9.17, 15) is 0 Å². The Hall–Kier alpha value is -2.82. The summed E-state index contributed by atoms with van der Waals surface area (Å²) in [6.45, 7) is 6.64. The van der Waals surface area contributed by atoms with Gasteiger partial charge in [0, 0.05) is 7.11 Å². The number of ether oxygens (including phenoxy) is 3. The molecule has 0 aromatic heterocycles. The largest absolute Gasteiger partial charge is 0.497 e. The Morgan fingerprint density at radius 2 is 1.36 bits per heavy atom. The Balaban J connectivity index is 2.32. The van der Waals surface area contributed by atoms with Crippen LogP contribution in [0.5, 0.6) is 11.5 Å². The van der Waals surface area contributed by atoms with E-state index in [1.54, 1.807) is 21.3 Å². The van der Waals surface area contributed by atoms with Crippen LogP contribution in [0.15, 0.2) is 85.0 Å². The van der Waals surface area contributed by atoms with Crippen LogP contribution in [0, 0.1) is 0 Å². The lowest BCUT2D eigenvalue weighted by Gasteiger charge is -2.46. The highest BCUT2D eigenvalue weighted by Gasteiger charge is 2.42. The number of allylic oxidation sites excluding steroid dienone is 2. The van der Waals surface area contributed by atoms with Gasteiger partial charge in [0.2, 0.25) is 0 Å². The minimum absolute atomic E-state index is 0.485. The highest BCUT2D eigenvalue weighted by Crippen LogP contribution is 2.45. The molecule has 1 fully saturated rings. The molecule has 0 amide bonds. The van der Waals surface area contributed by atoms with E-state index < -0.39 is 5.54 Å². The van der Waals surface area contributed by atoms with Crippen molar-refractivity contribution in [3.8, 4) is 11.5 Å². The van der Waals surface area contributed by atoms with Gasteiger partial charge in [-0.05, 0) is 66.9 Å². The van der Waals surface area contributed by atoms with Crippen LogP contribution in [-0.2, 0) is 10.3 Å². The van der Waals surface area contributed by atoms with Crippen molar-refractivity contribution in [2.45, 2.75) is 31.2 Å². The summed E-state index contributed by atoms with van der Waals surface area (Å²) in [5.41, 5.74) is 3.07. The summed E-state index contributed by atoms with van der Waals surface area (Å²) in [4.78, 5) is 2.64. The fraction of sp³-hybridized carbons (Fsp3) is 0.379. The van der Waals surface area contributed by atoms with Crippen LogP contribution in [0.4, 0.5) is 0 Å². The normalized spacial score (nSPS) is 15.9. The van der Waals surface area contributed by atoms with Crippen molar-refractivity contribution in [2.75, 3.05) is 41.0 Å². The van der Waals surface area contributed by atoms with Gasteiger partial charge in [-0.2, -0.15) is 0 Å². The summed E-state index contributed by atoms with van der Waals surface area (Å²) < 4.78 is 16.3. The molecule has 0 spiro atoms. The monoisotopic (exact) mass is 447 g/mol. The van der Waals surface area contributed by atoms with Crippen LogP contribution in [-0.4, -0.2) is 45.9 Å². The van der Waals surface area contributed by atoms with Gasteiger partial charge in [0.05, 0.1) is 26.4 Å². The molecule has 4 heteroatoms. The Morgan fingerprint density at radius 1 is 0.848 bits per heavy atom. The third-order valence-corrected chi connectivity index (χ3v) is 6.37. The van der Waals surface area contributed by atoms with Crippen LogP contribution in [0.25, 0.3) is 0 Å². The first-order valence-electron chi connectivity index (χ1n) is 11.7. The second kappa shape index (κ2) is 12.4. The van der Waals surface area contributed by atoms with Crippen LogP contribution in [0.2, 0.25) is 0 Å². The number of methoxy groups -OCH3 is 3. The highest BCUT2D eigenvalue weighted by molar-refractivity contribution is 5.54. The lowest BCUT2D eigenvalue weighted by Crippen LogP contribution is -2.49. The van der Waals surface area contributed by atoms with Gasteiger partial charge >= 0.3 is 0 Å². The SMILES string of the molecule is C=C/C=C(\C=C/COC)C(c1ccc(OC)cc1)(c1ccc(OC)cc1)N1CCCCCC1. The fourth-order valence-electron chi connectivity index (χ4n) is 4.81. The van der Waals surface area contributed by atoms with Crippen molar-refractivity contribution in [1.29, 1.82) is 0 Å².